The first-order valence-corrected chi connectivity index (χ1v) is 20.5. The first-order valence-electron chi connectivity index (χ1n) is 20.5. The van der Waals surface area contributed by atoms with Gasteiger partial charge in [-0.3, -0.25) is 0 Å². The number of nitrogens with zero attached hydrogens (tertiary/aromatic N) is 2. The molecule has 3 aliphatic rings. The van der Waals surface area contributed by atoms with Gasteiger partial charge in [0.1, 0.15) is 11.2 Å². The zero-order chi connectivity index (χ0) is 38.1. The molecule has 0 amide bonds. The summed E-state index contributed by atoms with van der Waals surface area (Å²) in [4.78, 5) is 2.42. The summed E-state index contributed by atoms with van der Waals surface area (Å²) < 4.78 is 8.98. The largest absolute Gasteiger partial charge is 0.460 e. The summed E-state index contributed by atoms with van der Waals surface area (Å²) in [5.41, 5.74) is 13.1. The molecular formula is C54H46N2O. The highest BCUT2D eigenvalue weighted by Crippen LogP contribution is 2.40. The molecule has 278 valence electrons. The molecule has 0 aliphatic heterocycles. The highest BCUT2D eigenvalue weighted by atomic mass is 16.3. The molecular weight excluding hydrogens is 693 g/mol. The Kier molecular flexibility index (Phi) is 9.28. The number of para-hydroxylation sites is 1. The monoisotopic (exact) mass is 738 g/mol. The number of furan rings is 1. The Morgan fingerprint density at radius 3 is 2.28 bits per heavy atom. The van der Waals surface area contributed by atoms with Crippen LogP contribution in [0.4, 0.5) is 11.4 Å². The van der Waals surface area contributed by atoms with E-state index in [4.69, 9.17) is 4.42 Å². The molecule has 0 saturated carbocycles. The smallest absolute Gasteiger partial charge is 0.130 e. The lowest BCUT2D eigenvalue weighted by molar-refractivity contribution is 0.456. The number of fused-ring (bicyclic) bond motifs is 6. The third kappa shape index (κ3) is 6.53. The minimum atomic E-state index is 0.0488. The molecule has 5 aromatic carbocycles. The van der Waals surface area contributed by atoms with E-state index in [0.29, 0.717) is 0 Å². The molecule has 57 heavy (non-hydrogen) atoms. The van der Waals surface area contributed by atoms with Crippen LogP contribution in [0.1, 0.15) is 72.5 Å². The Hall–Kier alpha value is -6.58. The number of aromatic nitrogens is 1. The molecule has 2 atom stereocenters. The van der Waals surface area contributed by atoms with Crippen LogP contribution < -0.4 is 15.5 Å². The van der Waals surface area contributed by atoms with Crippen LogP contribution in [0, 0.1) is 0 Å². The number of rotatable bonds is 10. The summed E-state index contributed by atoms with van der Waals surface area (Å²) in [6, 6.07) is 44.5. The van der Waals surface area contributed by atoms with E-state index in [1.54, 1.807) is 0 Å². The van der Waals surface area contributed by atoms with Crippen LogP contribution in [-0.2, 0) is 0 Å². The summed E-state index contributed by atoms with van der Waals surface area (Å²) in [6.45, 7) is 4.34. The normalized spacial score (nSPS) is 16.5. The van der Waals surface area contributed by atoms with Crippen molar-refractivity contribution in [1.29, 1.82) is 0 Å². The van der Waals surface area contributed by atoms with Gasteiger partial charge in [0.25, 0.3) is 0 Å². The van der Waals surface area contributed by atoms with E-state index >= 15 is 0 Å². The zero-order valence-electron chi connectivity index (χ0n) is 32.2. The van der Waals surface area contributed by atoms with Gasteiger partial charge in [0.15, 0.2) is 0 Å². The number of allylic oxidation sites excluding steroid dienone is 5. The van der Waals surface area contributed by atoms with Gasteiger partial charge < -0.3 is 13.9 Å². The Labute approximate surface area is 334 Å². The van der Waals surface area contributed by atoms with E-state index in [0.717, 1.165) is 66.8 Å². The minimum absolute atomic E-state index is 0.0488. The minimum Gasteiger partial charge on any atom is -0.460 e. The lowest BCUT2D eigenvalue weighted by atomic mass is 9.86. The maximum absolute atomic E-state index is 6.57. The second kappa shape index (κ2) is 15.2. The zero-order valence-corrected chi connectivity index (χ0v) is 32.2. The van der Waals surface area contributed by atoms with Gasteiger partial charge in [0.2, 0.25) is 0 Å². The average molecular weight is 739 g/mol. The van der Waals surface area contributed by atoms with Gasteiger partial charge in [-0.2, -0.15) is 0 Å². The molecule has 3 nitrogen and oxygen atoms in total. The highest BCUT2D eigenvalue weighted by Gasteiger charge is 2.26. The fourth-order valence-corrected chi connectivity index (χ4v) is 9.08. The lowest BCUT2D eigenvalue weighted by Crippen LogP contribution is -2.28. The number of hydrogen-bond donors (Lipinski definition) is 0. The summed E-state index contributed by atoms with van der Waals surface area (Å²) in [5, 5.41) is 3.79. The van der Waals surface area contributed by atoms with Crippen LogP contribution in [-0.4, -0.2) is 10.6 Å². The van der Waals surface area contributed by atoms with E-state index in [1.807, 2.05) is 0 Å². The summed E-state index contributed by atoms with van der Waals surface area (Å²) in [5.74, 6) is 1.30. The summed E-state index contributed by atoms with van der Waals surface area (Å²) in [7, 11) is 0. The van der Waals surface area contributed by atoms with E-state index in [2.05, 4.69) is 198 Å². The van der Waals surface area contributed by atoms with Crippen molar-refractivity contribution < 1.29 is 4.42 Å². The van der Waals surface area contributed by atoms with Gasteiger partial charge in [-0.05, 0) is 121 Å². The van der Waals surface area contributed by atoms with Crippen LogP contribution in [0.2, 0.25) is 0 Å². The maximum atomic E-state index is 6.57. The molecule has 0 spiro atoms. The van der Waals surface area contributed by atoms with Gasteiger partial charge in [-0.1, -0.05) is 121 Å². The van der Waals surface area contributed by atoms with Crippen LogP contribution in [0.3, 0.4) is 0 Å². The van der Waals surface area contributed by atoms with Crippen LogP contribution in [0.25, 0.3) is 57.4 Å². The molecule has 10 rings (SSSR count). The average Bonchev–Trinajstić information content (AvgIpc) is 3.83. The van der Waals surface area contributed by atoms with Gasteiger partial charge in [0.05, 0.1) is 17.1 Å². The number of benzene rings is 5. The molecule has 2 unspecified atom stereocenters. The Morgan fingerprint density at radius 2 is 1.47 bits per heavy atom. The topological polar surface area (TPSA) is 21.3 Å². The maximum Gasteiger partial charge on any atom is 0.130 e. The molecule has 7 aromatic rings. The third-order valence-corrected chi connectivity index (χ3v) is 11.9. The Morgan fingerprint density at radius 1 is 0.719 bits per heavy atom. The second-order valence-corrected chi connectivity index (χ2v) is 15.4. The molecule has 2 aromatic heterocycles. The predicted octanol–water partition coefficient (Wildman–Crippen LogP) is 12.8. The first-order chi connectivity index (χ1) is 28.2. The molecule has 0 saturated heterocycles. The van der Waals surface area contributed by atoms with E-state index < -0.39 is 0 Å². The number of hydrogen-bond acceptors (Lipinski definition) is 2. The van der Waals surface area contributed by atoms with Gasteiger partial charge >= 0.3 is 0 Å². The lowest BCUT2D eigenvalue weighted by Gasteiger charge is -2.32. The highest BCUT2D eigenvalue weighted by molar-refractivity contribution is 6.09. The first kappa shape index (κ1) is 34.9. The van der Waals surface area contributed by atoms with Crippen molar-refractivity contribution in [3.05, 3.63) is 203 Å². The van der Waals surface area contributed by atoms with E-state index in [-0.39, 0.29) is 12.0 Å². The van der Waals surface area contributed by atoms with Crippen LogP contribution in [0.5, 0.6) is 0 Å². The quantitative estimate of drug-likeness (QED) is 0.130. The van der Waals surface area contributed by atoms with Crippen LogP contribution >= 0.6 is 0 Å². The molecule has 0 fully saturated rings. The van der Waals surface area contributed by atoms with Gasteiger partial charge in [-0.15, -0.1) is 6.58 Å². The molecule has 0 radical (unpaired) electrons. The predicted molar refractivity (Wildman–Crippen MR) is 241 cm³/mol. The van der Waals surface area contributed by atoms with Crippen molar-refractivity contribution in [3.8, 4) is 5.69 Å². The SMILES string of the molecule is C=CC(CC=Cc1ccccc1)N(c1ccc(C2=CCCC=C2)cc1)c1ccc(-n2c3ccccc3c3cc(C4CC=Cc5c4oc4c5=CCCC=4)ccc32)cc1. The van der Waals surface area contributed by atoms with Crippen molar-refractivity contribution in [1.82, 2.24) is 4.57 Å². The van der Waals surface area contributed by atoms with Gasteiger partial charge in [-0.25, -0.2) is 0 Å². The van der Waals surface area contributed by atoms with E-state index in [1.165, 1.54) is 54.9 Å². The molecule has 0 bridgehead atoms. The standard InChI is InChI=1S/C54H46N2O/c1-2-42(20-13-17-38-15-5-3-6-16-38)55(43-30-27-40(28-31-43)39-18-7-4-8-19-39)44-32-34-45(35-33-44)56-51-25-11-9-21-47(51)50-37-41(29-36-52(50)56)46-23-14-24-49-48-22-10-12-26-53(48)57-54(46)49/h2-3,5-7,9,11,13-19,21-22,24-37,42,46H,1,4,8,10,12,20,23H2. The fourth-order valence-electron chi connectivity index (χ4n) is 9.08. The van der Waals surface area contributed by atoms with Crippen molar-refractivity contribution >= 4 is 63.1 Å². The summed E-state index contributed by atoms with van der Waals surface area (Å²) in [6.07, 6.45) is 28.7. The van der Waals surface area contributed by atoms with Crippen molar-refractivity contribution in [2.75, 3.05) is 4.90 Å². The van der Waals surface area contributed by atoms with Gasteiger partial charge in [0, 0.05) is 44.5 Å². The van der Waals surface area contributed by atoms with Crippen molar-refractivity contribution in [3.63, 3.8) is 0 Å². The fraction of sp³-hybridized carbons (Fsp3) is 0.148. The van der Waals surface area contributed by atoms with Crippen molar-refractivity contribution in [2.24, 2.45) is 0 Å². The molecule has 2 heterocycles. The second-order valence-electron chi connectivity index (χ2n) is 15.4. The number of anilines is 2. The van der Waals surface area contributed by atoms with Crippen molar-refractivity contribution in [2.45, 2.75) is 50.5 Å². The Balaban J connectivity index is 1.02. The molecule has 0 N–H and O–H groups in total. The van der Waals surface area contributed by atoms with E-state index in [9.17, 15) is 0 Å². The molecule has 3 aliphatic carbocycles. The van der Waals surface area contributed by atoms with Crippen LogP contribution in [0.15, 0.2) is 169 Å². The third-order valence-electron chi connectivity index (χ3n) is 11.9. The Bertz CT molecular complexity index is 2860. The molecule has 3 heteroatoms. The summed E-state index contributed by atoms with van der Waals surface area (Å²) >= 11 is 0.